The van der Waals surface area contributed by atoms with Crippen molar-refractivity contribution in [2.45, 2.75) is 47.6 Å². The number of benzene rings is 1. The normalized spacial score (nSPS) is 13.2. The van der Waals surface area contributed by atoms with Crippen LogP contribution in [0.5, 0.6) is 5.75 Å². The fourth-order valence-corrected chi connectivity index (χ4v) is 2.07. The second-order valence-corrected chi connectivity index (χ2v) is 7.66. The molecule has 0 radical (unpaired) electrons. The third-order valence-corrected chi connectivity index (χ3v) is 3.75. The van der Waals surface area contributed by atoms with E-state index in [0.29, 0.717) is 12.5 Å². The van der Waals surface area contributed by atoms with Crippen LogP contribution in [-0.2, 0) is 0 Å². The molecule has 26 heavy (non-hydrogen) atoms. The summed E-state index contributed by atoms with van der Waals surface area (Å²) < 4.78 is 5.73. The number of nitrogens with one attached hydrogen (secondary N) is 2. The minimum Gasteiger partial charge on any atom is -0.493 e. The zero-order valence-corrected chi connectivity index (χ0v) is 19.3. The molecule has 150 valence electrons. The Morgan fingerprint density at radius 3 is 2.31 bits per heavy atom. The molecule has 0 saturated carbocycles. The lowest BCUT2D eigenvalue weighted by Gasteiger charge is -2.22. The van der Waals surface area contributed by atoms with E-state index >= 15 is 0 Å². The highest BCUT2D eigenvalue weighted by Crippen LogP contribution is 2.18. The molecule has 0 fully saturated rings. The molecule has 1 atom stereocenters. The van der Waals surface area contributed by atoms with Gasteiger partial charge in [-0.3, -0.25) is 4.99 Å². The number of rotatable bonds is 9. The Morgan fingerprint density at radius 1 is 1.19 bits per heavy atom. The Kier molecular flexibility index (Phi) is 11.9. The van der Waals surface area contributed by atoms with Crippen LogP contribution in [0.3, 0.4) is 0 Å². The molecule has 1 rings (SSSR count). The van der Waals surface area contributed by atoms with E-state index in [4.69, 9.17) is 4.74 Å². The fourth-order valence-electron chi connectivity index (χ4n) is 2.07. The van der Waals surface area contributed by atoms with Gasteiger partial charge in [0.05, 0.1) is 19.2 Å². The first kappa shape index (κ1) is 25.0. The van der Waals surface area contributed by atoms with Crippen LogP contribution in [0.1, 0.15) is 53.1 Å². The summed E-state index contributed by atoms with van der Waals surface area (Å²) in [5.74, 6) is 2.17. The van der Waals surface area contributed by atoms with E-state index in [9.17, 15) is 5.11 Å². The number of ether oxygens (including phenoxy) is 1. The van der Waals surface area contributed by atoms with Gasteiger partial charge in [0.25, 0.3) is 0 Å². The van der Waals surface area contributed by atoms with E-state index in [0.717, 1.165) is 24.9 Å². The lowest BCUT2D eigenvalue weighted by atomic mass is 9.95. The number of hydrogen-bond acceptors (Lipinski definition) is 3. The van der Waals surface area contributed by atoms with Crippen LogP contribution in [-0.4, -0.2) is 37.4 Å². The smallest absolute Gasteiger partial charge is 0.191 e. The molecule has 1 aromatic rings. The molecule has 0 spiro atoms. The van der Waals surface area contributed by atoms with Crippen molar-refractivity contribution >= 4 is 29.9 Å². The van der Waals surface area contributed by atoms with Crippen LogP contribution in [0.15, 0.2) is 29.3 Å². The molecule has 5 nitrogen and oxygen atoms in total. The minimum absolute atomic E-state index is 0. The van der Waals surface area contributed by atoms with Gasteiger partial charge < -0.3 is 20.5 Å². The number of aliphatic hydroxyl groups excluding tert-OH is 1. The number of nitrogens with zero attached hydrogens (tertiary/aromatic N) is 1. The van der Waals surface area contributed by atoms with E-state index < -0.39 is 0 Å². The van der Waals surface area contributed by atoms with E-state index in [-0.39, 0.29) is 42.0 Å². The maximum Gasteiger partial charge on any atom is 0.191 e. The van der Waals surface area contributed by atoms with Gasteiger partial charge in [-0.2, -0.15) is 0 Å². The number of aliphatic imine (C=N–C) groups is 1. The summed E-state index contributed by atoms with van der Waals surface area (Å²) in [5.41, 5.74) is 0.949. The highest BCUT2D eigenvalue weighted by Gasteiger charge is 2.16. The van der Waals surface area contributed by atoms with E-state index in [1.54, 1.807) is 0 Å². The Hall–Kier alpha value is -1.02. The van der Waals surface area contributed by atoms with Crippen LogP contribution < -0.4 is 15.4 Å². The Morgan fingerprint density at radius 2 is 1.81 bits per heavy atom. The summed E-state index contributed by atoms with van der Waals surface area (Å²) in [7, 11) is 0. The second-order valence-electron chi connectivity index (χ2n) is 7.66. The van der Waals surface area contributed by atoms with Crippen LogP contribution in [0, 0.1) is 11.3 Å². The third-order valence-electron chi connectivity index (χ3n) is 3.75. The Balaban J connectivity index is 0.00000625. The highest BCUT2D eigenvalue weighted by atomic mass is 127. The molecule has 0 aliphatic carbocycles. The van der Waals surface area contributed by atoms with E-state index in [2.05, 4.69) is 48.5 Å². The number of halogens is 1. The number of hydrogen-bond donors (Lipinski definition) is 3. The zero-order valence-electron chi connectivity index (χ0n) is 17.0. The Labute approximate surface area is 176 Å². The van der Waals surface area contributed by atoms with Crippen molar-refractivity contribution in [3.8, 4) is 5.75 Å². The van der Waals surface area contributed by atoms with E-state index in [1.807, 2.05) is 32.9 Å². The summed E-state index contributed by atoms with van der Waals surface area (Å²) >= 11 is 0. The molecule has 0 saturated heterocycles. The Bertz CT molecular complexity index is 530. The molecule has 0 aliphatic heterocycles. The topological polar surface area (TPSA) is 65.9 Å². The summed E-state index contributed by atoms with van der Waals surface area (Å²) in [6.07, 6.45) is 0. The van der Waals surface area contributed by atoms with Crippen molar-refractivity contribution < 1.29 is 9.84 Å². The number of aliphatic hydroxyl groups is 1. The molecule has 0 aromatic heterocycles. The summed E-state index contributed by atoms with van der Waals surface area (Å²) in [6.45, 7) is 14.6. The molecule has 0 aliphatic rings. The predicted octanol–water partition coefficient (Wildman–Crippen LogP) is 3.97. The van der Waals surface area contributed by atoms with Crippen LogP contribution >= 0.6 is 24.0 Å². The van der Waals surface area contributed by atoms with Crippen molar-refractivity contribution in [1.82, 2.24) is 10.6 Å². The van der Waals surface area contributed by atoms with Crippen molar-refractivity contribution in [2.75, 3.05) is 26.3 Å². The largest absolute Gasteiger partial charge is 0.493 e. The lowest BCUT2D eigenvalue weighted by Crippen LogP contribution is -2.39. The van der Waals surface area contributed by atoms with Gasteiger partial charge in [0.1, 0.15) is 5.75 Å². The van der Waals surface area contributed by atoms with Crippen LogP contribution in [0.25, 0.3) is 0 Å². The molecule has 3 N–H and O–H groups in total. The highest BCUT2D eigenvalue weighted by molar-refractivity contribution is 14.0. The van der Waals surface area contributed by atoms with Gasteiger partial charge in [0.15, 0.2) is 5.96 Å². The first-order chi connectivity index (χ1) is 11.8. The molecule has 1 unspecified atom stereocenters. The van der Waals surface area contributed by atoms with Gasteiger partial charge in [-0.05, 0) is 37.5 Å². The van der Waals surface area contributed by atoms with Gasteiger partial charge in [-0.1, -0.05) is 39.8 Å². The van der Waals surface area contributed by atoms with Crippen LogP contribution in [0.4, 0.5) is 0 Å². The van der Waals surface area contributed by atoms with Gasteiger partial charge in [0.2, 0.25) is 0 Å². The average molecular weight is 477 g/mol. The van der Waals surface area contributed by atoms with Crippen molar-refractivity contribution in [3.63, 3.8) is 0 Å². The predicted molar refractivity (Wildman–Crippen MR) is 121 cm³/mol. The molecule has 0 heterocycles. The summed E-state index contributed by atoms with van der Waals surface area (Å²) in [5, 5.41) is 16.1. The van der Waals surface area contributed by atoms with Crippen LogP contribution in [0.2, 0.25) is 0 Å². The third kappa shape index (κ3) is 9.62. The zero-order chi connectivity index (χ0) is 18.9. The fraction of sp³-hybridized carbons (Fsp3) is 0.650. The molecule has 6 heteroatoms. The quantitative estimate of drug-likeness (QED) is 0.286. The maximum atomic E-state index is 9.38. The molecular formula is C20H36IN3O2. The minimum atomic E-state index is -0.221. The van der Waals surface area contributed by atoms with Crippen molar-refractivity contribution in [3.05, 3.63) is 29.8 Å². The molecular weight excluding hydrogens is 441 g/mol. The standard InChI is InChI=1S/C20H35N3O2.HI/c1-7-21-19(22-13-20(5,6)14-24)23-16(4)17-8-10-18(11-9-17)25-12-15(2)3;/h8-11,15-16,24H,7,12-14H2,1-6H3,(H2,21,22,23);1H. The summed E-state index contributed by atoms with van der Waals surface area (Å²) in [6, 6.07) is 8.29. The van der Waals surface area contributed by atoms with E-state index in [1.165, 1.54) is 5.56 Å². The SMILES string of the molecule is CCNC(=NCC(C)(C)CO)NC(C)c1ccc(OCC(C)C)cc1.I. The van der Waals surface area contributed by atoms with Gasteiger partial charge in [-0.25, -0.2) is 0 Å². The molecule has 0 amide bonds. The average Bonchev–Trinajstić information content (AvgIpc) is 2.58. The molecule has 1 aromatic carbocycles. The molecule has 0 bridgehead atoms. The first-order valence-corrected chi connectivity index (χ1v) is 9.16. The van der Waals surface area contributed by atoms with Crippen molar-refractivity contribution in [2.24, 2.45) is 16.3 Å². The summed E-state index contributed by atoms with van der Waals surface area (Å²) in [4.78, 5) is 4.60. The number of guanidine groups is 1. The second kappa shape index (κ2) is 12.4. The first-order valence-electron chi connectivity index (χ1n) is 9.16. The van der Waals surface area contributed by atoms with Gasteiger partial charge >= 0.3 is 0 Å². The van der Waals surface area contributed by atoms with Crippen molar-refractivity contribution in [1.29, 1.82) is 0 Å². The maximum absolute atomic E-state index is 9.38. The van der Waals surface area contributed by atoms with Gasteiger partial charge in [-0.15, -0.1) is 24.0 Å². The van der Waals surface area contributed by atoms with Gasteiger partial charge in [0, 0.05) is 18.6 Å². The lowest BCUT2D eigenvalue weighted by molar-refractivity contribution is 0.167. The monoisotopic (exact) mass is 477 g/mol.